The summed E-state index contributed by atoms with van der Waals surface area (Å²) in [4.78, 5) is 23.5. The van der Waals surface area contributed by atoms with Crippen LogP contribution in [0, 0.1) is 0 Å². The molecule has 0 spiro atoms. The van der Waals surface area contributed by atoms with Gasteiger partial charge in [0.05, 0.1) is 17.5 Å². The van der Waals surface area contributed by atoms with Crippen LogP contribution < -0.4 is 5.73 Å². The van der Waals surface area contributed by atoms with Crippen molar-refractivity contribution in [3.8, 4) is 0 Å². The van der Waals surface area contributed by atoms with Crippen LogP contribution in [-0.4, -0.2) is 23.7 Å². The fourth-order valence-electron chi connectivity index (χ4n) is 1.37. The molecule has 1 unspecified atom stereocenters. The number of carbonyl (C=O) groups is 2. The standard InChI is InChI=1S/C12H14ClNO3/c1-3-17-12(16)9-5-4-8(14)6-10(9)11(15)7(2)13/h4-7H,3,14H2,1-2H3. The van der Waals surface area contributed by atoms with E-state index in [-0.39, 0.29) is 23.5 Å². The summed E-state index contributed by atoms with van der Waals surface area (Å²) in [6, 6.07) is 4.45. The topological polar surface area (TPSA) is 69.4 Å². The van der Waals surface area contributed by atoms with Gasteiger partial charge in [0.15, 0.2) is 5.78 Å². The zero-order chi connectivity index (χ0) is 13.0. The second kappa shape index (κ2) is 5.68. The Balaban J connectivity index is 3.21. The number of ether oxygens (including phenoxy) is 1. The van der Waals surface area contributed by atoms with Gasteiger partial charge in [-0.1, -0.05) is 0 Å². The molecule has 0 saturated heterocycles. The highest BCUT2D eigenvalue weighted by Gasteiger charge is 2.21. The molecule has 0 saturated carbocycles. The first kappa shape index (κ1) is 13.5. The Hall–Kier alpha value is -1.55. The van der Waals surface area contributed by atoms with Crippen LogP contribution in [0.15, 0.2) is 18.2 Å². The fraction of sp³-hybridized carbons (Fsp3) is 0.333. The molecule has 0 bridgehead atoms. The third kappa shape index (κ3) is 3.20. The number of benzene rings is 1. The lowest BCUT2D eigenvalue weighted by Crippen LogP contribution is -2.17. The second-order valence-electron chi connectivity index (χ2n) is 3.51. The predicted octanol–water partition coefficient (Wildman–Crippen LogP) is 2.26. The van der Waals surface area contributed by atoms with Crippen LogP contribution in [0.1, 0.15) is 34.6 Å². The number of rotatable bonds is 4. The van der Waals surface area contributed by atoms with Crippen LogP contribution >= 0.6 is 11.6 Å². The maximum Gasteiger partial charge on any atom is 0.338 e. The molecule has 92 valence electrons. The second-order valence-corrected chi connectivity index (χ2v) is 4.16. The third-order valence-corrected chi connectivity index (χ3v) is 2.36. The number of esters is 1. The van der Waals surface area contributed by atoms with E-state index in [0.29, 0.717) is 5.69 Å². The van der Waals surface area contributed by atoms with Crippen LogP contribution in [0.5, 0.6) is 0 Å². The molecule has 0 aliphatic rings. The summed E-state index contributed by atoms with van der Waals surface area (Å²) in [5, 5.41) is -0.718. The SMILES string of the molecule is CCOC(=O)c1ccc(N)cc1C(=O)C(C)Cl. The summed E-state index contributed by atoms with van der Waals surface area (Å²) in [7, 11) is 0. The van der Waals surface area contributed by atoms with Crippen LogP contribution in [0.3, 0.4) is 0 Å². The molecule has 0 fully saturated rings. The maximum absolute atomic E-state index is 11.8. The largest absolute Gasteiger partial charge is 0.462 e. The van der Waals surface area contributed by atoms with Gasteiger partial charge in [0.25, 0.3) is 0 Å². The van der Waals surface area contributed by atoms with Crippen molar-refractivity contribution in [3.63, 3.8) is 0 Å². The van der Waals surface area contributed by atoms with Crippen molar-refractivity contribution < 1.29 is 14.3 Å². The number of carbonyl (C=O) groups excluding carboxylic acids is 2. The lowest BCUT2D eigenvalue weighted by molar-refractivity contribution is 0.0523. The van der Waals surface area contributed by atoms with Gasteiger partial charge in [-0.3, -0.25) is 4.79 Å². The van der Waals surface area contributed by atoms with Crippen molar-refractivity contribution in [2.75, 3.05) is 12.3 Å². The highest BCUT2D eigenvalue weighted by Crippen LogP contribution is 2.18. The Morgan fingerprint density at radius 1 is 1.41 bits per heavy atom. The fourth-order valence-corrected chi connectivity index (χ4v) is 1.48. The van der Waals surface area contributed by atoms with E-state index in [4.69, 9.17) is 22.1 Å². The van der Waals surface area contributed by atoms with E-state index < -0.39 is 11.3 Å². The van der Waals surface area contributed by atoms with E-state index in [1.165, 1.54) is 12.1 Å². The van der Waals surface area contributed by atoms with Crippen molar-refractivity contribution in [1.82, 2.24) is 0 Å². The molecule has 0 aliphatic heterocycles. The number of Topliss-reactive ketones (excluding diaryl/α,β-unsaturated/α-hetero) is 1. The highest BCUT2D eigenvalue weighted by molar-refractivity contribution is 6.34. The normalized spacial score (nSPS) is 11.9. The minimum Gasteiger partial charge on any atom is -0.462 e. The number of ketones is 1. The number of halogens is 1. The number of alkyl halides is 1. The van der Waals surface area contributed by atoms with Gasteiger partial charge in [-0.05, 0) is 32.0 Å². The molecule has 1 rings (SSSR count). The quantitative estimate of drug-likeness (QED) is 0.388. The smallest absolute Gasteiger partial charge is 0.338 e. The Labute approximate surface area is 105 Å². The average molecular weight is 256 g/mol. The predicted molar refractivity (Wildman–Crippen MR) is 66.5 cm³/mol. The molecule has 4 nitrogen and oxygen atoms in total. The van der Waals surface area contributed by atoms with E-state index in [0.717, 1.165) is 0 Å². The zero-order valence-corrected chi connectivity index (χ0v) is 10.5. The Bertz CT molecular complexity index is 443. The Kier molecular flexibility index (Phi) is 4.52. The molecule has 0 amide bonds. The van der Waals surface area contributed by atoms with E-state index in [1.807, 2.05) is 0 Å². The minimum atomic E-state index is -0.718. The van der Waals surface area contributed by atoms with E-state index >= 15 is 0 Å². The molecule has 0 radical (unpaired) electrons. The van der Waals surface area contributed by atoms with Crippen molar-refractivity contribution in [2.24, 2.45) is 0 Å². The summed E-state index contributed by atoms with van der Waals surface area (Å²) in [5.74, 6) is -0.893. The molecule has 5 heteroatoms. The van der Waals surface area contributed by atoms with Gasteiger partial charge in [-0.25, -0.2) is 4.79 Å². The van der Waals surface area contributed by atoms with Crippen LogP contribution in [0.2, 0.25) is 0 Å². The first-order valence-electron chi connectivity index (χ1n) is 5.22. The van der Waals surface area contributed by atoms with E-state index in [2.05, 4.69) is 0 Å². The molecule has 0 heterocycles. The average Bonchev–Trinajstić information content (AvgIpc) is 2.28. The van der Waals surface area contributed by atoms with Crippen LogP contribution in [0.4, 0.5) is 5.69 Å². The van der Waals surface area contributed by atoms with Gasteiger partial charge < -0.3 is 10.5 Å². The minimum absolute atomic E-state index is 0.193. The third-order valence-electron chi connectivity index (χ3n) is 2.17. The molecule has 2 N–H and O–H groups in total. The van der Waals surface area contributed by atoms with Gasteiger partial charge >= 0.3 is 5.97 Å². The van der Waals surface area contributed by atoms with E-state index in [9.17, 15) is 9.59 Å². The molecule has 1 aromatic carbocycles. The summed E-state index contributed by atoms with van der Waals surface area (Å²) in [6.45, 7) is 3.48. The van der Waals surface area contributed by atoms with Gasteiger partial charge in [0, 0.05) is 11.3 Å². The molecule has 1 aromatic rings. The summed E-state index contributed by atoms with van der Waals surface area (Å²) >= 11 is 5.73. The Morgan fingerprint density at radius 2 is 2.06 bits per heavy atom. The Morgan fingerprint density at radius 3 is 2.59 bits per heavy atom. The molecule has 17 heavy (non-hydrogen) atoms. The number of hydrogen-bond acceptors (Lipinski definition) is 4. The maximum atomic E-state index is 11.8. The van der Waals surface area contributed by atoms with Gasteiger partial charge in [-0.2, -0.15) is 0 Å². The van der Waals surface area contributed by atoms with Crippen molar-refractivity contribution in [3.05, 3.63) is 29.3 Å². The molecule has 0 aliphatic carbocycles. The van der Waals surface area contributed by atoms with Gasteiger partial charge in [0.2, 0.25) is 0 Å². The first-order chi connectivity index (χ1) is 7.97. The highest BCUT2D eigenvalue weighted by atomic mass is 35.5. The number of anilines is 1. The number of nitrogen functional groups attached to an aromatic ring is 1. The van der Waals surface area contributed by atoms with Gasteiger partial charge in [-0.15, -0.1) is 11.6 Å². The summed E-state index contributed by atoms with van der Waals surface area (Å²) < 4.78 is 4.86. The molecule has 0 aromatic heterocycles. The van der Waals surface area contributed by atoms with Crippen LogP contribution in [0.25, 0.3) is 0 Å². The molecule has 1 atom stereocenters. The van der Waals surface area contributed by atoms with Crippen molar-refractivity contribution >= 4 is 29.0 Å². The molecular weight excluding hydrogens is 242 g/mol. The summed E-state index contributed by atoms with van der Waals surface area (Å²) in [5.41, 5.74) is 6.39. The zero-order valence-electron chi connectivity index (χ0n) is 9.70. The first-order valence-corrected chi connectivity index (χ1v) is 5.66. The van der Waals surface area contributed by atoms with Gasteiger partial charge in [0.1, 0.15) is 0 Å². The summed E-state index contributed by atoms with van der Waals surface area (Å²) in [6.07, 6.45) is 0. The molecular formula is C12H14ClNO3. The lowest BCUT2D eigenvalue weighted by Gasteiger charge is -2.10. The van der Waals surface area contributed by atoms with Crippen molar-refractivity contribution in [1.29, 1.82) is 0 Å². The van der Waals surface area contributed by atoms with E-state index in [1.54, 1.807) is 19.9 Å². The number of nitrogens with two attached hydrogens (primary N) is 1. The van der Waals surface area contributed by atoms with Crippen molar-refractivity contribution in [2.45, 2.75) is 19.2 Å². The van der Waals surface area contributed by atoms with Crippen LogP contribution in [-0.2, 0) is 4.74 Å². The monoisotopic (exact) mass is 255 g/mol. The number of hydrogen-bond donors (Lipinski definition) is 1. The lowest BCUT2D eigenvalue weighted by atomic mass is 10.0.